The molecule has 0 radical (unpaired) electrons. The van der Waals surface area contributed by atoms with Gasteiger partial charge in [-0.1, -0.05) is 12.8 Å². The predicted molar refractivity (Wildman–Crippen MR) is 65.3 cm³/mol. The molecule has 1 aliphatic rings. The molecule has 4 nitrogen and oxygen atoms in total. The minimum atomic E-state index is -3.22. The number of sulfonamides is 1. The molecule has 1 saturated carbocycles. The quantitative estimate of drug-likeness (QED) is 0.741. The summed E-state index contributed by atoms with van der Waals surface area (Å²) in [5.74, 6) is 0.819. The van der Waals surface area contributed by atoms with E-state index in [1.54, 1.807) is 0 Å². The van der Waals surface area contributed by atoms with Crippen LogP contribution in [-0.4, -0.2) is 39.8 Å². The molecule has 1 rings (SSSR count). The smallest absolute Gasteiger partial charge is 0.214 e. The number of hydrogen-bond donors (Lipinski definition) is 1. The van der Waals surface area contributed by atoms with E-state index in [1.165, 1.54) is 7.11 Å². The van der Waals surface area contributed by atoms with E-state index in [-0.39, 0.29) is 24.3 Å². The number of methoxy groups -OCH3 is 1. The first-order valence-electron chi connectivity index (χ1n) is 5.64. The van der Waals surface area contributed by atoms with Gasteiger partial charge in [0.1, 0.15) is 0 Å². The molecule has 1 N–H and O–H groups in total. The van der Waals surface area contributed by atoms with Crippen LogP contribution in [0.15, 0.2) is 0 Å². The van der Waals surface area contributed by atoms with Crippen LogP contribution in [0.1, 0.15) is 25.7 Å². The van der Waals surface area contributed by atoms with E-state index in [2.05, 4.69) is 4.72 Å². The van der Waals surface area contributed by atoms with Crippen molar-refractivity contribution in [2.75, 3.05) is 25.3 Å². The Morgan fingerprint density at radius 3 is 2.69 bits per heavy atom. The lowest BCUT2D eigenvalue weighted by Gasteiger charge is -2.30. The summed E-state index contributed by atoms with van der Waals surface area (Å²) >= 11 is 5.85. The molecule has 0 aromatic carbocycles. The van der Waals surface area contributed by atoms with Gasteiger partial charge in [0.25, 0.3) is 0 Å². The standard InChI is InChI=1S/C10H20ClNO3S/c1-15-6-7-16(13,14)12-10-5-3-2-4-9(10)8-11/h9-10,12H,2-8H2,1H3. The molecular formula is C10H20ClNO3S. The van der Waals surface area contributed by atoms with Gasteiger partial charge in [0.2, 0.25) is 10.0 Å². The zero-order valence-corrected chi connectivity index (χ0v) is 11.2. The van der Waals surface area contributed by atoms with Crippen molar-refractivity contribution >= 4 is 21.6 Å². The van der Waals surface area contributed by atoms with E-state index < -0.39 is 10.0 Å². The lowest BCUT2D eigenvalue weighted by atomic mass is 9.86. The van der Waals surface area contributed by atoms with Crippen LogP contribution in [0.2, 0.25) is 0 Å². The molecule has 0 aromatic rings. The highest BCUT2D eigenvalue weighted by molar-refractivity contribution is 7.89. The van der Waals surface area contributed by atoms with Gasteiger partial charge < -0.3 is 4.74 Å². The van der Waals surface area contributed by atoms with Crippen molar-refractivity contribution in [1.29, 1.82) is 0 Å². The first-order valence-corrected chi connectivity index (χ1v) is 7.82. The van der Waals surface area contributed by atoms with Crippen molar-refractivity contribution in [3.8, 4) is 0 Å². The van der Waals surface area contributed by atoms with Crippen molar-refractivity contribution in [3.63, 3.8) is 0 Å². The molecule has 0 aromatic heterocycles. The van der Waals surface area contributed by atoms with Gasteiger partial charge in [-0.25, -0.2) is 13.1 Å². The Kier molecular flexibility index (Phi) is 6.03. The Morgan fingerprint density at radius 1 is 1.38 bits per heavy atom. The molecule has 0 spiro atoms. The Morgan fingerprint density at radius 2 is 2.06 bits per heavy atom. The van der Waals surface area contributed by atoms with Crippen LogP contribution in [0.25, 0.3) is 0 Å². The Balaban J connectivity index is 2.50. The van der Waals surface area contributed by atoms with Gasteiger partial charge in [-0.15, -0.1) is 11.6 Å². The highest BCUT2D eigenvalue weighted by Crippen LogP contribution is 2.25. The summed E-state index contributed by atoms with van der Waals surface area (Å²) in [4.78, 5) is 0. The molecule has 2 atom stereocenters. The number of halogens is 1. The molecule has 1 fully saturated rings. The molecule has 1 aliphatic carbocycles. The molecule has 96 valence electrons. The molecule has 0 heterocycles. The number of ether oxygens (including phenoxy) is 1. The highest BCUT2D eigenvalue weighted by Gasteiger charge is 2.27. The normalized spacial score (nSPS) is 26.9. The maximum absolute atomic E-state index is 11.7. The third-order valence-corrected chi connectivity index (χ3v) is 4.76. The minimum absolute atomic E-state index is 0.00751. The van der Waals surface area contributed by atoms with Crippen molar-refractivity contribution in [2.24, 2.45) is 5.92 Å². The van der Waals surface area contributed by atoms with Crippen LogP contribution in [0.3, 0.4) is 0 Å². The Hall–Kier alpha value is 0.160. The number of nitrogens with one attached hydrogen (secondary N) is 1. The van der Waals surface area contributed by atoms with Gasteiger partial charge >= 0.3 is 0 Å². The van der Waals surface area contributed by atoms with Crippen LogP contribution in [0.5, 0.6) is 0 Å². The maximum atomic E-state index is 11.7. The van der Waals surface area contributed by atoms with Crippen LogP contribution >= 0.6 is 11.6 Å². The molecule has 0 amide bonds. The van der Waals surface area contributed by atoms with E-state index in [0.717, 1.165) is 25.7 Å². The van der Waals surface area contributed by atoms with Gasteiger partial charge in [-0.3, -0.25) is 0 Å². The summed E-state index contributed by atoms with van der Waals surface area (Å²) < 4.78 is 30.9. The third-order valence-electron chi connectivity index (χ3n) is 2.99. The second-order valence-corrected chi connectivity index (χ2v) is 6.42. The molecule has 16 heavy (non-hydrogen) atoms. The second kappa shape index (κ2) is 6.79. The summed E-state index contributed by atoms with van der Waals surface area (Å²) in [6.45, 7) is 0.230. The largest absolute Gasteiger partial charge is 0.384 e. The van der Waals surface area contributed by atoms with Gasteiger partial charge in [-0.05, 0) is 18.8 Å². The van der Waals surface area contributed by atoms with Crippen molar-refractivity contribution in [2.45, 2.75) is 31.7 Å². The molecule has 0 aliphatic heterocycles. The van der Waals surface area contributed by atoms with Crippen molar-refractivity contribution < 1.29 is 13.2 Å². The molecule has 0 saturated heterocycles. The Bertz CT molecular complexity index is 294. The second-order valence-electron chi connectivity index (χ2n) is 4.23. The maximum Gasteiger partial charge on any atom is 0.214 e. The number of hydrogen-bond acceptors (Lipinski definition) is 3. The molecule has 6 heteroatoms. The lowest BCUT2D eigenvalue weighted by Crippen LogP contribution is -2.44. The van der Waals surface area contributed by atoms with Crippen molar-refractivity contribution in [3.05, 3.63) is 0 Å². The van der Waals surface area contributed by atoms with Crippen LogP contribution in [0, 0.1) is 5.92 Å². The fraction of sp³-hybridized carbons (Fsp3) is 1.00. The average Bonchev–Trinajstić information content (AvgIpc) is 2.27. The van der Waals surface area contributed by atoms with Crippen molar-refractivity contribution in [1.82, 2.24) is 4.72 Å². The van der Waals surface area contributed by atoms with Crippen LogP contribution in [-0.2, 0) is 14.8 Å². The van der Waals surface area contributed by atoms with E-state index >= 15 is 0 Å². The van der Waals surface area contributed by atoms with Crippen LogP contribution in [0.4, 0.5) is 0 Å². The summed E-state index contributed by atoms with van der Waals surface area (Å²) in [6.07, 6.45) is 4.13. The van der Waals surface area contributed by atoms with Gasteiger partial charge in [-0.2, -0.15) is 0 Å². The Labute approximate surface area is 103 Å². The third kappa shape index (κ3) is 4.57. The summed E-state index contributed by atoms with van der Waals surface area (Å²) in [5, 5.41) is 0. The fourth-order valence-electron chi connectivity index (χ4n) is 2.03. The molecular weight excluding hydrogens is 250 g/mol. The summed E-state index contributed by atoms with van der Waals surface area (Å²) in [6, 6.07) is 0.00751. The number of rotatable bonds is 6. The molecule has 0 bridgehead atoms. The first kappa shape index (κ1) is 14.2. The average molecular weight is 270 g/mol. The highest BCUT2D eigenvalue weighted by atomic mass is 35.5. The molecule has 2 unspecified atom stereocenters. The van der Waals surface area contributed by atoms with Crippen LogP contribution < -0.4 is 4.72 Å². The van der Waals surface area contributed by atoms with E-state index in [1.807, 2.05) is 0 Å². The van der Waals surface area contributed by atoms with E-state index in [0.29, 0.717) is 5.88 Å². The monoisotopic (exact) mass is 269 g/mol. The van der Waals surface area contributed by atoms with Gasteiger partial charge in [0.05, 0.1) is 12.4 Å². The summed E-state index contributed by atoms with van der Waals surface area (Å²) in [7, 11) is -1.72. The van der Waals surface area contributed by atoms with E-state index in [9.17, 15) is 8.42 Å². The zero-order chi connectivity index (χ0) is 12.0. The van der Waals surface area contributed by atoms with E-state index in [4.69, 9.17) is 16.3 Å². The van der Waals surface area contributed by atoms with Gasteiger partial charge in [0, 0.05) is 19.0 Å². The minimum Gasteiger partial charge on any atom is -0.384 e. The lowest BCUT2D eigenvalue weighted by molar-refractivity contribution is 0.216. The topological polar surface area (TPSA) is 55.4 Å². The van der Waals surface area contributed by atoms with Gasteiger partial charge in [0.15, 0.2) is 0 Å². The SMILES string of the molecule is COCCS(=O)(=O)NC1CCCCC1CCl. The predicted octanol–water partition coefficient (Wildman–Crippen LogP) is 1.35. The first-order chi connectivity index (χ1) is 7.59. The zero-order valence-electron chi connectivity index (χ0n) is 9.62. The fourth-order valence-corrected chi connectivity index (χ4v) is 3.67. The summed E-state index contributed by atoms with van der Waals surface area (Å²) in [5.41, 5.74) is 0. The number of alkyl halides is 1.